The molecular weight excluding hydrogens is 987 g/mol. The maximum absolute atomic E-state index is 4.12. The summed E-state index contributed by atoms with van der Waals surface area (Å²) in [6.07, 6.45) is 95.4. The Balaban J connectivity index is 0.600. The summed E-state index contributed by atoms with van der Waals surface area (Å²) in [5.41, 5.74) is 0. The Kier molecular flexibility index (Phi) is 19.4. The number of rotatable bonds is 18. The molecule has 1 heterocycles. The smallest absolute Gasteiger partial charge is 0.0330 e. The van der Waals surface area contributed by atoms with Crippen molar-refractivity contribution in [3.63, 3.8) is 0 Å². The lowest BCUT2D eigenvalue weighted by molar-refractivity contribution is 0.296. The Morgan fingerprint density at radius 3 is 0.617 bits per heavy atom. The van der Waals surface area contributed by atoms with Gasteiger partial charge in [0.15, 0.2) is 0 Å². The van der Waals surface area contributed by atoms with Crippen molar-refractivity contribution in [2.45, 2.75) is 264 Å². The fraction of sp³-hybridized carbons (Fsp3) is 0.676. The molecule has 0 spiro atoms. The molecule has 1 saturated heterocycles. The molecule has 438 valence electrons. The average Bonchev–Trinajstić information content (AvgIpc) is 4.46. The monoisotopic (exact) mass is 1090 g/mol. The van der Waals surface area contributed by atoms with Crippen molar-refractivity contribution < 1.29 is 0 Å². The molecule has 0 bridgehead atoms. The number of hydrogen-bond acceptors (Lipinski definition) is 7. The van der Waals surface area contributed by atoms with Crippen LogP contribution in [0.3, 0.4) is 0 Å². The van der Waals surface area contributed by atoms with Crippen LogP contribution in [0.5, 0.6) is 0 Å². The molecule has 23 atom stereocenters. The van der Waals surface area contributed by atoms with Crippen molar-refractivity contribution in [2.24, 2.45) is 47.3 Å². The van der Waals surface area contributed by atoms with Crippen molar-refractivity contribution >= 4 is 0 Å². The Bertz CT molecular complexity index is 2150. The molecule has 0 aromatic carbocycles. The molecule has 23 unspecified atom stereocenters. The average molecular weight is 1090 g/mol. The van der Waals surface area contributed by atoms with Gasteiger partial charge in [-0.3, -0.25) is 4.90 Å². The summed E-state index contributed by atoms with van der Waals surface area (Å²) in [4.78, 5) is 3.01. The predicted octanol–water partition coefficient (Wildman–Crippen LogP) is 13.7. The second-order valence-corrected chi connectivity index (χ2v) is 28.3. The molecule has 1 fully saturated rings. The third kappa shape index (κ3) is 15.0. The van der Waals surface area contributed by atoms with Crippen LogP contribution in [0.15, 0.2) is 146 Å². The summed E-state index contributed by atoms with van der Waals surface area (Å²) >= 11 is 0. The molecule has 6 N–H and O–H groups in total. The van der Waals surface area contributed by atoms with Crippen LogP contribution in [0.1, 0.15) is 173 Å². The molecule has 0 saturated carbocycles. The first kappa shape index (κ1) is 56.7. The predicted molar refractivity (Wildman–Crippen MR) is 340 cm³/mol. The van der Waals surface area contributed by atoms with E-state index in [0.29, 0.717) is 138 Å². The van der Waals surface area contributed by atoms with Crippen LogP contribution in [0.25, 0.3) is 0 Å². The highest BCUT2D eigenvalue weighted by atomic mass is 15.4. The molecule has 0 amide bonds. The molecular formula is C74H107N7. The van der Waals surface area contributed by atoms with Crippen molar-refractivity contribution in [2.75, 3.05) is 0 Å². The van der Waals surface area contributed by atoms with Crippen molar-refractivity contribution in [1.29, 1.82) is 0 Å². The summed E-state index contributed by atoms with van der Waals surface area (Å²) in [6, 6.07) is 8.15. The van der Waals surface area contributed by atoms with E-state index in [1.54, 1.807) is 0 Å². The minimum absolute atomic E-state index is 0.478. The largest absolute Gasteiger partial charge is 0.304 e. The molecule has 0 aromatic heterocycles. The topological polar surface area (TPSA) is 75.2 Å². The highest BCUT2D eigenvalue weighted by Gasteiger charge is 2.57. The molecule has 1 aliphatic heterocycles. The van der Waals surface area contributed by atoms with E-state index in [2.05, 4.69) is 183 Å². The molecule has 0 radical (unpaired) electrons. The molecule has 81 heavy (non-hydrogen) atoms. The Labute approximate surface area is 491 Å². The van der Waals surface area contributed by atoms with E-state index in [0.717, 1.165) is 0 Å². The summed E-state index contributed by atoms with van der Waals surface area (Å²) in [5, 5.41) is 24.1. The highest BCUT2D eigenvalue weighted by molar-refractivity contribution is 5.26. The number of allylic oxidation sites excluding steroid dienone is 9. The molecule has 13 rings (SSSR count). The van der Waals surface area contributed by atoms with E-state index in [9.17, 15) is 0 Å². The van der Waals surface area contributed by atoms with Gasteiger partial charge in [0.05, 0.1) is 0 Å². The number of nitrogens with one attached hydrogen (secondary N) is 6. The van der Waals surface area contributed by atoms with Crippen molar-refractivity contribution in [3.05, 3.63) is 146 Å². The molecule has 7 nitrogen and oxygen atoms in total. The summed E-state index contributed by atoms with van der Waals surface area (Å²) in [7, 11) is 0. The van der Waals surface area contributed by atoms with Crippen molar-refractivity contribution in [3.8, 4) is 0 Å². The maximum Gasteiger partial charge on any atom is 0.0330 e. The minimum Gasteiger partial charge on any atom is -0.304 e. The van der Waals surface area contributed by atoms with Gasteiger partial charge in [-0.2, -0.15) is 0 Å². The first-order valence-electron chi connectivity index (χ1n) is 34.5. The van der Waals surface area contributed by atoms with Crippen LogP contribution >= 0.6 is 0 Å². The van der Waals surface area contributed by atoms with Gasteiger partial charge in [-0.05, 0) is 221 Å². The third-order valence-electron chi connectivity index (χ3n) is 22.7. The minimum atomic E-state index is 0.478. The summed E-state index contributed by atoms with van der Waals surface area (Å²) in [5.74, 6) is 5.48. The number of nitrogens with zero attached hydrogens (tertiary/aromatic N) is 1. The van der Waals surface area contributed by atoms with Crippen LogP contribution < -0.4 is 31.9 Å². The van der Waals surface area contributed by atoms with Crippen LogP contribution in [0.4, 0.5) is 0 Å². The van der Waals surface area contributed by atoms with Crippen LogP contribution in [-0.4, -0.2) is 95.5 Å². The Morgan fingerprint density at radius 2 is 0.420 bits per heavy atom. The highest BCUT2D eigenvalue weighted by Crippen LogP contribution is 2.49. The van der Waals surface area contributed by atoms with Gasteiger partial charge in [-0.15, -0.1) is 0 Å². The van der Waals surface area contributed by atoms with Gasteiger partial charge in [-0.25, -0.2) is 0 Å². The normalized spacial score (nSPS) is 45.6. The Morgan fingerprint density at radius 1 is 0.198 bits per heavy atom. The summed E-state index contributed by atoms with van der Waals surface area (Å²) < 4.78 is 0. The van der Waals surface area contributed by atoms with Gasteiger partial charge >= 0.3 is 0 Å². The zero-order valence-electron chi connectivity index (χ0n) is 49.7. The fourth-order valence-electron chi connectivity index (χ4n) is 17.9. The SMILES string of the molecule is C1=CC(NC2C=CC(C3C=CC(NC4C=CC(C5C(C6C=CC(NC7C=CC(C8C=CC(NC9C=CCCC9)CC8)CC7)CC6)N5C5C=CC(NC6C=CC(C7C=CC(NC8C=CCCC8)CC7)CC6)CC5)CC4)CC3)CC2)CCC1. The molecule has 0 aromatic rings. The van der Waals surface area contributed by atoms with E-state index in [-0.39, 0.29) is 0 Å². The van der Waals surface area contributed by atoms with E-state index in [4.69, 9.17) is 0 Å². The van der Waals surface area contributed by atoms with E-state index < -0.39 is 0 Å². The van der Waals surface area contributed by atoms with E-state index >= 15 is 0 Å². The lowest BCUT2D eigenvalue weighted by Crippen LogP contribution is -2.41. The van der Waals surface area contributed by atoms with E-state index in [1.165, 1.54) is 173 Å². The van der Waals surface area contributed by atoms with Gasteiger partial charge in [0, 0.05) is 90.6 Å². The van der Waals surface area contributed by atoms with E-state index in [1.807, 2.05) is 0 Å². The van der Waals surface area contributed by atoms with Crippen LogP contribution in [-0.2, 0) is 0 Å². The number of hydrogen-bond donors (Lipinski definition) is 6. The second-order valence-electron chi connectivity index (χ2n) is 28.3. The zero-order valence-corrected chi connectivity index (χ0v) is 49.7. The maximum atomic E-state index is 4.12. The lowest BCUT2D eigenvalue weighted by Gasteiger charge is -2.34. The van der Waals surface area contributed by atoms with Crippen LogP contribution in [0.2, 0.25) is 0 Å². The molecule has 7 heteroatoms. The van der Waals surface area contributed by atoms with Gasteiger partial charge in [0.2, 0.25) is 0 Å². The fourth-order valence-corrected chi connectivity index (χ4v) is 17.9. The summed E-state index contributed by atoms with van der Waals surface area (Å²) in [6.45, 7) is 0. The van der Waals surface area contributed by atoms with Gasteiger partial charge in [0.25, 0.3) is 0 Å². The second kappa shape index (κ2) is 27.8. The van der Waals surface area contributed by atoms with Crippen LogP contribution in [0, 0.1) is 47.3 Å². The third-order valence-corrected chi connectivity index (χ3v) is 22.7. The van der Waals surface area contributed by atoms with Gasteiger partial charge < -0.3 is 31.9 Å². The molecule has 12 aliphatic carbocycles. The molecule has 13 aliphatic rings. The quantitative estimate of drug-likeness (QED) is 0.0603. The van der Waals surface area contributed by atoms with Crippen molar-refractivity contribution in [1.82, 2.24) is 36.8 Å². The van der Waals surface area contributed by atoms with Gasteiger partial charge in [-0.1, -0.05) is 146 Å². The van der Waals surface area contributed by atoms with Gasteiger partial charge in [0.1, 0.15) is 0 Å². The first-order valence-corrected chi connectivity index (χ1v) is 34.5. The Hall–Kier alpha value is -3.40. The lowest BCUT2D eigenvalue weighted by atomic mass is 9.77. The zero-order chi connectivity index (χ0) is 54.2. The standard InChI is InChI=1S/C74H107N7/c1-4-10-60(11-5-1)75-63-32-16-52(17-33-63)55-22-38-66(39-23-55)78-69-44-28-58(29-45-69)73-74(59-30-46-70(47-31-59)79-67-40-24-56(25-41-67)53-18-34-64(35-19-53)76-61-12-6-2-7-13-61)81(73)72-50-48-71(49-51-72)80-68-42-26-57(27-43-68)54-20-36-65(37-21-54)77-62-14-8-3-9-15-62/h4,6,8,10,12,14,16,18,20,22,24,26,28,30,32,34,36,38,40,42,44,46,48,50,52-80H,1-3,5,7,9,11,13,15,17,19,21,23,25,27,29,31,33,35,37,39,41,43,45,47,49,51H2. The first-order chi connectivity index (χ1) is 40.0.